The van der Waals surface area contributed by atoms with Gasteiger partial charge in [-0.1, -0.05) is 30.3 Å². The van der Waals surface area contributed by atoms with Crippen LogP contribution in [0.4, 0.5) is 18.9 Å². The molecule has 0 aliphatic heterocycles. The first-order valence-corrected chi connectivity index (χ1v) is 8.75. The van der Waals surface area contributed by atoms with Gasteiger partial charge in [0.25, 0.3) is 0 Å². The predicted molar refractivity (Wildman–Crippen MR) is 102 cm³/mol. The Kier molecular flexibility index (Phi) is 4.75. The molecule has 4 rings (SSSR count). The minimum Gasteiger partial charge on any atom is -0.326 e. The molecule has 4 aromatic rings. The fraction of sp³-hybridized carbons (Fsp3) is 0.0952. The molecule has 0 bridgehead atoms. The van der Waals surface area contributed by atoms with Crippen LogP contribution in [0, 0.1) is 0 Å². The van der Waals surface area contributed by atoms with Crippen LogP contribution in [0.2, 0.25) is 0 Å². The van der Waals surface area contributed by atoms with Crippen molar-refractivity contribution in [3.8, 4) is 11.3 Å². The number of amides is 1. The molecule has 0 unspecified atom stereocenters. The third-order valence-electron chi connectivity index (χ3n) is 4.30. The number of anilines is 1. The Hall–Kier alpha value is -3.68. The maximum Gasteiger partial charge on any atom is 0.416 e. The van der Waals surface area contributed by atoms with Crippen LogP contribution in [0.1, 0.15) is 11.1 Å². The number of carbonyl (C=O) groups is 1. The van der Waals surface area contributed by atoms with Crippen LogP contribution in [0.3, 0.4) is 0 Å². The second-order valence-corrected chi connectivity index (χ2v) is 6.46. The van der Waals surface area contributed by atoms with Gasteiger partial charge in [0.2, 0.25) is 11.7 Å². The first-order chi connectivity index (χ1) is 13.9. The zero-order valence-corrected chi connectivity index (χ0v) is 15.0. The van der Waals surface area contributed by atoms with Crippen LogP contribution in [0.25, 0.3) is 17.0 Å². The molecule has 1 amide bonds. The Bertz CT molecular complexity index is 1150. The molecule has 0 atom stereocenters. The van der Waals surface area contributed by atoms with Crippen molar-refractivity contribution in [1.82, 2.24) is 14.4 Å². The second kappa shape index (κ2) is 7.38. The van der Waals surface area contributed by atoms with Gasteiger partial charge in [0.1, 0.15) is 0 Å². The molecule has 146 valence electrons. The zero-order valence-electron chi connectivity index (χ0n) is 15.0. The molecule has 2 aromatic heterocycles. The van der Waals surface area contributed by atoms with E-state index in [9.17, 15) is 18.0 Å². The lowest BCUT2D eigenvalue weighted by atomic mass is 10.1. The van der Waals surface area contributed by atoms with Crippen molar-refractivity contribution in [2.24, 2.45) is 0 Å². The largest absolute Gasteiger partial charge is 0.416 e. The van der Waals surface area contributed by atoms with Gasteiger partial charge in [0.05, 0.1) is 17.7 Å². The highest BCUT2D eigenvalue weighted by Crippen LogP contribution is 2.29. The number of alkyl halides is 3. The van der Waals surface area contributed by atoms with Gasteiger partial charge in [-0.05, 0) is 29.8 Å². The van der Waals surface area contributed by atoms with E-state index in [0.29, 0.717) is 22.7 Å². The number of hydrogen-bond acceptors (Lipinski definition) is 3. The van der Waals surface area contributed by atoms with E-state index in [2.05, 4.69) is 15.3 Å². The molecule has 2 aromatic carbocycles. The van der Waals surface area contributed by atoms with Crippen LogP contribution in [0.15, 0.2) is 73.2 Å². The Morgan fingerprint density at radius 3 is 2.69 bits per heavy atom. The molecular formula is C21H15F3N4O. The fourth-order valence-electron chi connectivity index (χ4n) is 2.97. The third-order valence-corrected chi connectivity index (χ3v) is 4.30. The van der Waals surface area contributed by atoms with E-state index in [1.807, 2.05) is 18.5 Å². The minimum atomic E-state index is -4.44. The van der Waals surface area contributed by atoms with Gasteiger partial charge in [-0.15, -0.1) is 0 Å². The summed E-state index contributed by atoms with van der Waals surface area (Å²) in [6, 6.07) is 13.6. The van der Waals surface area contributed by atoms with Crippen molar-refractivity contribution in [3.63, 3.8) is 0 Å². The first kappa shape index (κ1) is 18.7. The van der Waals surface area contributed by atoms with Crippen molar-refractivity contribution in [3.05, 3.63) is 84.3 Å². The zero-order chi connectivity index (χ0) is 20.4. The number of rotatable bonds is 4. The predicted octanol–water partition coefficient (Wildman–Crippen LogP) is 4.60. The van der Waals surface area contributed by atoms with Crippen molar-refractivity contribution >= 4 is 17.4 Å². The molecule has 8 heteroatoms. The highest BCUT2D eigenvalue weighted by molar-refractivity contribution is 5.92. The number of nitrogens with one attached hydrogen (secondary N) is 1. The van der Waals surface area contributed by atoms with E-state index in [4.69, 9.17) is 0 Å². The normalized spacial score (nSPS) is 11.6. The SMILES string of the molecule is O=C(Cc1cccc(C(F)(F)F)c1)Nc1cccc(-c2cn3cccnc3n2)c1. The molecular weight excluding hydrogens is 381 g/mol. The average Bonchev–Trinajstić information content (AvgIpc) is 3.12. The Balaban J connectivity index is 1.50. The van der Waals surface area contributed by atoms with E-state index >= 15 is 0 Å². The average molecular weight is 396 g/mol. The summed E-state index contributed by atoms with van der Waals surface area (Å²) in [6.45, 7) is 0. The number of benzene rings is 2. The molecule has 0 aliphatic carbocycles. The van der Waals surface area contributed by atoms with E-state index in [1.165, 1.54) is 12.1 Å². The van der Waals surface area contributed by atoms with Crippen LogP contribution >= 0.6 is 0 Å². The van der Waals surface area contributed by atoms with Gasteiger partial charge < -0.3 is 5.32 Å². The standard InChI is InChI=1S/C21H15F3N4O/c22-21(23,24)16-6-1-4-14(10-16)11-19(29)26-17-7-2-5-15(12-17)18-13-28-9-3-8-25-20(28)27-18/h1-10,12-13H,11H2,(H,26,29). The van der Waals surface area contributed by atoms with E-state index in [0.717, 1.165) is 17.7 Å². The molecule has 0 fully saturated rings. The molecule has 0 saturated heterocycles. The maximum atomic E-state index is 12.8. The fourth-order valence-corrected chi connectivity index (χ4v) is 2.97. The summed E-state index contributed by atoms with van der Waals surface area (Å²) in [6.07, 6.45) is 0.707. The number of carbonyl (C=O) groups excluding carboxylic acids is 1. The number of fused-ring (bicyclic) bond motifs is 1. The van der Waals surface area contributed by atoms with Crippen LogP contribution in [0.5, 0.6) is 0 Å². The maximum absolute atomic E-state index is 12.8. The topological polar surface area (TPSA) is 59.3 Å². The summed E-state index contributed by atoms with van der Waals surface area (Å²) in [5.74, 6) is 0.152. The summed E-state index contributed by atoms with van der Waals surface area (Å²) in [7, 11) is 0. The summed E-state index contributed by atoms with van der Waals surface area (Å²) in [5, 5.41) is 2.72. The lowest BCUT2D eigenvalue weighted by molar-refractivity contribution is -0.137. The second-order valence-electron chi connectivity index (χ2n) is 6.46. The number of nitrogens with zero attached hydrogens (tertiary/aromatic N) is 3. The molecule has 2 heterocycles. The van der Waals surface area contributed by atoms with Crippen LogP contribution in [-0.2, 0) is 17.4 Å². The molecule has 5 nitrogen and oxygen atoms in total. The lowest BCUT2D eigenvalue weighted by Crippen LogP contribution is -2.15. The summed E-state index contributed by atoms with van der Waals surface area (Å²) < 4.78 is 40.3. The summed E-state index contributed by atoms with van der Waals surface area (Å²) >= 11 is 0. The number of aromatic nitrogens is 3. The van der Waals surface area contributed by atoms with Crippen LogP contribution in [-0.4, -0.2) is 20.3 Å². The molecule has 0 radical (unpaired) electrons. The smallest absolute Gasteiger partial charge is 0.326 e. The third kappa shape index (κ3) is 4.26. The van der Waals surface area contributed by atoms with Gasteiger partial charge in [-0.3, -0.25) is 9.20 Å². The Labute approximate surface area is 163 Å². The van der Waals surface area contributed by atoms with Gasteiger partial charge in [-0.2, -0.15) is 13.2 Å². The van der Waals surface area contributed by atoms with E-state index in [-0.39, 0.29) is 6.42 Å². The highest BCUT2D eigenvalue weighted by Gasteiger charge is 2.30. The van der Waals surface area contributed by atoms with E-state index < -0.39 is 17.6 Å². The number of imidazole rings is 1. The van der Waals surface area contributed by atoms with Crippen LogP contribution < -0.4 is 5.32 Å². The van der Waals surface area contributed by atoms with Gasteiger partial charge in [0.15, 0.2) is 0 Å². The highest BCUT2D eigenvalue weighted by atomic mass is 19.4. The molecule has 1 N–H and O–H groups in total. The molecule has 0 spiro atoms. The molecule has 0 saturated carbocycles. The quantitative estimate of drug-likeness (QED) is 0.549. The van der Waals surface area contributed by atoms with Gasteiger partial charge in [-0.25, -0.2) is 9.97 Å². The van der Waals surface area contributed by atoms with Gasteiger partial charge in [0, 0.05) is 29.8 Å². The van der Waals surface area contributed by atoms with Crippen molar-refractivity contribution < 1.29 is 18.0 Å². The van der Waals surface area contributed by atoms with Crippen molar-refractivity contribution in [2.75, 3.05) is 5.32 Å². The Morgan fingerprint density at radius 2 is 1.90 bits per heavy atom. The number of hydrogen-bond donors (Lipinski definition) is 1. The van der Waals surface area contributed by atoms with Crippen molar-refractivity contribution in [2.45, 2.75) is 12.6 Å². The summed E-state index contributed by atoms with van der Waals surface area (Å²) in [5.41, 5.74) is 1.53. The van der Waals surface area contributed by atoms with E-state index in [1.54, 1.807) is 34.9 Å². The van der Waals surface area contributed by atoms with Crippen molar-refractivity contribution in [1.29, 1.82) is 0 Å². The Morgan fingerprint density at radius 1 is 1.07 bits per heavy atom. The first-order valence-electron chi connectivity index (χ1n) is 8.75. The lowest BCUT2D eigenvalue weighted by Gasteiger charge is -2.09. The number of halogens is 3. The monoisotopic (exact) mass is 396 g/mol. The summed E-state index contributed by atoms with van der Waals surface area (Å²) in [4.78, 5) is 20.9. The van der Waals surface area contributed by atoms with Gasteiger partial charge >= 0.3 is 6.18 Å². The molecule has 29 heavy (non-hydrogen) atoms. The minimum absolute atomic E-state index is 0.160. The molecule has 0 aliphatic rings.